The molecule has 0 aliphatic rings. The number of allylic oxidation sites excluding steroid dienone is 1. The van der Waals surface area contributed by atoms with E-state index in [4.69, 9.17) is 10.8 Å². The van der Waals surface area contributed by atoms with Crippen LogP contribution in [-0.2, 0) is 0 Å². The molecule has 1 unspecified atom stereocenters. The average Bonchev–Trinajstić information content (AvgIpc) is 1.98. The van der Waals surface area contributed by atoms with Crippen LogP contribution in [-0.4, -0.2) is 17.8 Å². The Labute approximate surface area is 62.7 Å². The average molecular weight is 143 g/mol. The molecule has 0 aromatic carbocycles. The number of hydrogen-bond acceptors (Lipinski definition) is 2. The first kappa shape index (κ1) is 9.66. The summed E-state index contributed by atoms with van der Waals surface area (Å²) in [5.41, 5.74) is 5.45. The second-order valence-electron chi connectivity index (χ2n) is 2.44. The molecule has 60 valence electrons. The normalized spacial score (nSPS) is 14.3. The zero-order valence-corrected chi connectivity index (χ0v) is 6.59. The molecule has 0 aliphatic carbocycles. The lowest BCUT2D eigenvalue weighted by molar-refractivity contribution is 0.266. The van der Waals surface area contributed by atoms with Crippen molar-refractivity contribution in [3.8, 4) is 0 Å². The van der Waals surface area contributed by atoms with Gasteiger partial charge in [-0.2, -0.15) is 0 Å². The standard InChI is InChI=1S/C8H17NO/c1-2-3-4-5-6-8(9)7-10/h4-5,8,10H,2-3,6-7,9H2,1H3. The van der Waals surface area contributed by atoms with Crippen molar-refractivity contribution in [1.82, 2.24) is 0 Å². The van der Waals surface area contributed by atoms with Gasteiger partial charge < -0.3 is 10.8 Å². The van der Waals surface area contributed by atoms with Crippen LogP contribution in [0.5, 0.6) is 0 Å². The molecule has 0 aromatic heterocycles. The molecule has 0 aliphatic heterocycles. The Bertz CT molecular complexity index is 91.3. The van der Waals surface area contributed by atoms with Gasteiger partial charge in [0.15, 0.2) is 0 Å². The highest BCUT2D eigenvalue weighted by Gasteiger charge is 1.93. The lowest BCUT2D eigenvalue weighted by Gasteiger charge is -2.01. The molecule has 0 rings (SSSR count). The molecule has 0 saturated heterocycles. The zero-order valence-electron chi connectivity index (χ0n) is 6.59. The molecule has 0 radical (unpaired) electrons. The molecular weight excluding hydrogens is 126 g/mol. The van der Waals surface area contributed by atoms with Gasteiger partial charge in [0.25, 0.3) is 0 Å². The summed E-state index contributed by atoms with van der Waals surface area (Å²) < 4.78 is 0. The van der Waals surface area contributed by atoms with Crippen LogP contribution < -0.4 is 5.73 Å². The lowest BCUT2D eigenvalue weighted by atomic mass is 10.2. The van der Waals surface area contributed by atoms with E-state index in [-0.39, 0.29) is 12.6 Å². The van der Waals surface area contributed by atoms with Crippen molar-refractivity contribution in [2.24, 2.45) is 5.73 Å². The molecule has 0 heterocycles. The van der Waals surface area contributed by atoms with Crippen LogP contribution in [0, 0.1) is 0 Å². The highest BCUT2D eigenvalue weighted by atomic mass is 16.3. The molecule has 0 amide bonds. The van der Waals surface area contributed by atoms with Gasteiger partial charge in [0, 0.05) is 6.04 Å². The number of hydrogen-bond donors (Lipinski definition) is 2. The predicted octanol–water partition coefficient (Wildman–Crippen LogP) is 1.05. The molecule has 3 N–H and O–H groups in total. The van der Waals surface area contributed by atoms with Crippen LogP contribution >= 0.6 is 0 Å². The van der Waals surface area contributed by atoms with E-state index < -0.39 is 0 Å². The minimum Gasteiger partial charge on any atom is -0.395 e. The number of rotatable bonds is 5. The van der Waals surface area contributed by atoms with Crippen LogP contribution in [0.4, 0.5) is 0 Å². The summed E-state index contributed by atoms with van der Waals surface area (Å²) in [6, 6.07) is -0.0758. The highest BCUT2D eigenvalue weighted by Crippen LogP contribution is 1.93. The van der Waals surface area contributed by atoms with Gasteiger partial charge in [-0.05, 0) is 12.8 Å². The molecule has 0 aromatic rings. The quantitative estimate of drug-likeness (QED) is 0.565. The fourth-order valence-corrected chi connectivity index (χ4v) is 0.630. The molecule has 1 atom stereocenters. The Morgan fingerprint density at radius 3 is 2.70 bits per heavy atom. The molecule has 0 fully saturated rings. The largest absolute Gasteiger partial charge is 0.395 e. The summed E-state index contributed by atoms with van der Waals surface area (Å²) in [6.45, 7) is 2.22. The Hall–Kier alpha value is -0.340. The van der Waals surface area contributed by atoms with Crippen molar-refractivity contribution >= 4 is 0 Å². The molecule has 0 bridgehead atoms. The van der Waals surface area contributed by atoms with E-state index >= 15 is 0 Å². The van der Waals surface area contributed by atoms with Gasteiger partial charge in [0.1, 0.15) is 0 Å². The second-order valence-corrected chi connectivity index (χ2v) is 2.44. The van der Waals surface area contributed by atoms with Gasteiger partial charge in [0.05, 0.1) is 6.61 Å². The lowest BCUT2D eigenvalue weighted by Crippen LogP contribution is -2.22. The van der Waals surface area contributed by atoms with Gasteiger partial charge in [0.2, 0.25) is 0 Å². The van der Waals surface area contributed by atoms with Crippen molar-refractivity contribution in [2.45, 2.75) is 32.2 Å². The Morgan fingerprint density at radius 1 is 1.50 bits per heavy atom. The zero-order chi connectivity index (χ0) is 7.82. The summed E-state index contributed by atoms with van der Waals surface area (Å²) in [7, 11) is 0. The van der Waals surface area contributed by atoms with Crippen molar-refractivity contribution in [3.63, 3.8) is 0 Å². The van der Waals surface area contributed by atoms with E-state index in [0.29, 0.717) is 0 Å². The smallest absolute Gasteiger partial charge is 0.0585 e. The number of aliphatic hydroxyl groups is 1. The van der Waals surface area contributed by atoms with Crippen molar-refractivity contribution < 1.29 is 5.11 Å². The van der Waals surface area contributed by atoms with Gasteiger partial charge in [-0.3, -0.25) is 0 Å². The Morgan fingerprint density at radius 2 is 2.20 bits per heavy atom. The first-order valence-corrected chi connectivity index (χ1v) is 3.82. The van der Waals surface area contributed by atoms with Gasteiger partial charge >= 0.3 is 0 Å². The van der Waals surface area contributed by atoms with Crippen LogP contribution in [0.1, 0.15) is 26.2 Å². The van der Waals surface area contributed by atoms with E-state index in [1.54, 1.807) is 0 Å². The van der Waals surface area contributed by atoms with Crippen LogP contribution in [0.25, 0.3) is 0 Å². The van der Waals surface area contributed by atoms with E-state index in [1.165, 1.54) is 6.42 Å². The topological polar surface area (TPSA) is 46.2 Å². The predicted molar refractivity (Wildman–Crippen MR) is 43.7 cm³/mol. The van der Waals surface area contributed by atoms with E-state index in [1.807, 2.05) is 6.08 Å². The first-order chi connectivity index (χ1) is 4.81. The van der Waals surface area contributed by atoms with Crippen LogP contribution in [0.15, 0.2) is 12.2 Å². The maximum Gasteiger partial charge on any atom is 0.0585 e. The van der Waals surface area contributed by atoms with Crippen molar-refractivity contribution in [3.05, 3.63) is 12.2 Å². The number of nitrogens with two attached hydrogens (primary N) is 1. The first-order valence-electron chi connectivity index (χ1n) is 3.82. The SMILES string of the molecule is CCCC=CCC(N)CO. The van der Waals surface area contributed by atoms with Gasteiger partial charge in [-0.25, -0.2) is 0 Å². The molecule has 2 heteroatoms. The Kier molecular flexibility index (Phi) is 6.55. The van der Waals surface area contributed by atoms with Crippen LogP contribution in [0.2, 0.25) is 0 Å². The summed E-state index contributed by atoms with van der Waals surface area (Å²) in [5.74, 6) is 0. The van der Waals surface area contributed by atoms with Gasteiger partial charge in [-0.15, -0.1) is 0 Å². The summed E-state index contributed by atoms with van der Waals surface area (Å²) in [5, 5.41) is 8.53. The minimum absolute atomic E-state index is 0.0758. The number of unbranched alkanes of at least 4 members (excludes halogenated alkanes) is 1. The monoisotopic (exact) mass is 143 g/mol. The van der Waals surface area contributed by atoms with Gasteiger partial charge in [-0.1, -0.05) is 25.5 Å². The van der Waals surface area contributed by atoms with Crippen LogP contribution in [0.3, 0.4) is 0 Å². The molecule has 10 heavy (non-hydrogen) atoms. The third-order valence-electron chi connectivity index (χ3n) is 1.30. The molecule has 0 saturated carbocycles. The van der Waals surface area contributed by atoms with Crippen molar-refractivity contribution in [2.75, 3.05) is 6.61 Å². The summed E-state index contributed by atoms with van der Waals surface area (Å²) in [4.78, 5) is 0. The maximum atomic E-state index is 8.53. The van der Waals surface area contributed by atoms with E-state index in [9.17, 15) is 0 Å². The fourth-order valence-electron chi connectivity index (χ4n) is 0.630. The van der Waals surface area contributed by atoms with Crippen molar-refractivity contribution in [1.29, 1.82) is 0 Å². The van der Waals surface area contributed by atoms with E-state index in [0.717, 1.165) is 12.8 Å². The third kappa shape index (κ3) is 5.79. The molecule has 0 spiro atoms. The van der Waals surface area contributed by atoms with E-state index in [2.05, 4.69) is 13.0 Å². The fraction of sp³-hybridized carbons (Fsp3) is 0.750. The summed E-state index contributed by atoms with van der Waals surface area (Å²) >= 11 is 0. The third-order valence-corrected chi connectivity index (χ3v) is 1.30. The minimum atomic E-state index is -0.0758. The molecule has 2 nitrogen and oxygen atoms in total. The summed E-state index contributed by atoms with van der Waals surface area (Å²) in [6.07, 6.45) is 7.21. The second kappa shape index (κ2) is 6.78. The highest BCUT2D eigenvalue weighted by molar-refractivity contribution is 4.84. The molecular formula is C8H17NO. The Balaban J connectivity index is 3.16. The number of aliphatic hydroxyl groups excluding tert-OH is 1. The maximum absolute atomic E-state index is 8.53.